The quantitative estimate of drug-likeness (QED) is 0.593. The molecule has 0 spiro atoms. The number of nitrogens with one attached hydrogen (secondary N) is 2. The zero-order valence-electron chi connectivity index (χ0n) is 16.1. The summed E-state index contributed by atoms with van der Waals surface area (Å²) in [5.74, 6) is 1.24. The molecule has 0 radical (unpaired) electrons. The van der Waals surface area contributed by atoms with E-state index in [1.54, 1.807) is 0 Å². The molecule has 146 valence electrons. The van der Waals surface area contributed by atoms with Gasteiger partial charge in [-0.3, -0.25) is 4.79 Å². The highest BCUT2D eigenvalue weighted by Crippen LogP contribution is 2.29. The van der Waals surface area contributed by atoms with E-state index in [9.17, 15) is 4.79 Å². The molecule has 27 heavy (non-hydrogen) atoms. The molecule has 6 heteroatoms. The van der Waals surface area contributed by atoms with Crippen LogP contribution >= 0.6 is 0 Å². The number of rotatable bonds is 10. The molecule has 0 aromatic heterocycles. The second kappa shape index (κ2) is 10.4. The van der Waals surface area contributed by atoms with Crippen LogP contribution in [0.4, 0.5) is 11.4 Å². The van der Waals surface area contributed by atoms with E-state index in [1.807, 2.05) is 63.2 Å². The molecule has 0 heterocycles. The molecule has 6 nitrogen and oxygen atoms in total. The fourth-order valence-electron chi connectivity index (χ4n) is 2.37. The number of aliphatic hydroxyl groups is 1. The predicted molar refractivity (Wildman–Crippen MR) is 107 cm³/mol. The number of anilines is 2. The van der Waals surface area contributed by atoms with Crippen molar-refractivity contribution in [1.29, 1.82) is 0 Å². The van der Waals surface area contributed by atoms with E-state index in [0.717, 1.165) is 16.9 Å². The number of aliphatic hydroxyl groups excluding tert-OH is 1. The summed E-state index contributed by atoms with van der Waals surface area (Å²) < 4.78 is 11.1. The highest BCUT2D eigenvalue weighted by Gasteiger charge is 2.08. The lowest BCUT2D eigenvalue weighted by molar-refractivity contribution is -0.118. The first kappa shape index (κ1) is 20.6. The van der Waals surface area contributed by atoms with Crippen LogP contribution in [0.3, 0.4) is 0 Å². The minimum absolute atomic E-state index is 0.00247. The smallest absolute Gasteiger partial charge is 0.226 e. The van der Waals surface area contributed by atoms with Gasteiger partial charge in [-0.2, -0.15) is 0 Å². The highest BCUT2D eigenvalue weighted by atomic mass is 16.5. The Hall–Kier alpha value is -2.73. The number of hydrogen-bond donors (Lipinski definition) is 3. The van der Waals surface area contributed by atoms with Gasteiger partial charge >= 0.3 is 0 Å². The number of carbonyl (C=O) groups is 1. The first-order valence-electron chi connectivity index (χ1n) is 9.17. The molecular formula is C21H28N2O4. The van der Waals surface area contributed by atoms with Crippen LogP contribution in [0.25, 0.3) is 0 Å². The van der Waals surface area contributed by atoms with Crippen molar-refractivity contribution >= 4 is 17.3 Å². The fourth-order valence-corrected chi connectivity index (χ4v) is 2.37. The van der Waals surface area contributed by atoms with Crippen molar-refractivity contribution in [1.82, 2.24) is 0 Å². The van der Waals surface area contributed by atoms with E-state index >= 15 is 0 Å². The lowest BCUT2D eigenvalue weighted by Crippen LogP contribution is -2.17. The topological polar surface area (TPSA) is 79.8 Å². The van der Waals surface area contributed by atoms with E-state index in [2.05, 4.69) is 10.6 Å². The summed E-state index contributed by atoms with van der Waals surface area (Å²) in [7, 11) is 0. The van der Waals surface area contributed by atoms with Gasteiger partial charge in [0, 0.05) is 23.8 Å². The first-order valence-corrected chi connectivity index (χ1v) is 9.17. The Labute approximate surface area is 160 Å². The zero-order valence-corrected chi connectivity index (χ0v) is 16.1. The van der Waals surface area contributed by atoms with Gasteiger partial charge in [0.05, 0.1) is 13.2 Å². The lowest BCUT2D eigenvalue weighted by atomic mass is 10.2. The molecule has 1 amide bonds. The summed E-state index contributed by atoms with van der Waals surface area (Å²) in [6.07, 6.45) is 0. The summed E-state index contributed by atoms with van der Waals surface area (Å²) in [5.41, 5.74) is 2.78. The van der Waals surface area contributed by atoms with Crippen LogP contribution in [0.2, 0.25) is 0 Å². The molecule has 0 saturated heterocycles. The maximum Gasteiger partial charge on any atom is 0.226 e. The molecule has 0 fully saturated rings. The van der Waals surface area contributed by atoms with Gasteiger partial charge in [-0.05, 0) is 48.9 Å². The van der Waals surface area contributed by atoms with Gasteiger partial charge in [0.25, 0.3) is 0 Å². The Kier molecular flexibility index (Phi) is 7.95. The summed E-state index contributed by atoms with van der Waals surface area (Å²) in [6.45, 7) is 7.00. The predicted octanol–water partition coefficient (Wildman–Crippen LogP) is 3.66. The number of amides is 1. The summed E-state index contributed by atoms with van der Waals surface area (Å²) in [6, 6.07) is 13.3. The lowest BCUT2D eigenvalue weighted by Gasteiger charge is -2.14. The van der Waals surface area contributed by atoms with E-state index in [-0.39, 0.29) is 25.0 Å². The van der Waals surface area contributed by atoms with Crippen LogP contribution in [-0.4, -0.2) is 30.8 Å². The minimum Gasteiger partial charge on any atom is -0.490 e. The Morgan fingerprint density at radius 3 is 2.37 bits per heavy atom. The highest BCUT2D eigenvalue weighted by molar-refractivity contribution is 5.92. The maximum absolute atomic E-state index is 11.7. The van der Waals surface area contributed by atoms with Gasteiger partial charge in [-0.1, -0.05) is 19.9 Å². The van der Waals surface area contributed by atoms with Crippen molar-refractivity contribution in [3.63, 3.8) is 0 Å². The van der Waals surface area contributed by atoms with Gasteiger partial charge in [0.2, 0.25) is 5.91 Å². The maximum atomic E-state index is 11.7. The Balaban J connectivity index is 1.97. The van der Waals surface area contributed by atoms with Crippen LogP contribution in [0, 0.1) is 5.92 Å². The minimum atomic E-state index is -0.0494. The molecule has 0 aliphatic heterocycles. The van der Waals surface area contributed by atoms with Gasteiger partial charge in [0.15, 0.2) is 11.5 Å². The van der Waals surface area contributed by atoms with Gasteiger partial charge in [-0.15, -0.1) is 0 Å². The van der Waals surface area contributed by atoms with Gasteiger partial charge < -0.3 is 25.2 Å². The number of hydrogen-bond acceptors (Lipinski definition) is 5. The van der Waals surface area contributed by atoms with Crippen LogP contribution < -0.4 is 20.1 Å². The Morgan fingerprint density at radius 1 is 1.04 bits per heavy atom. The molecule has 2 aromatic carbocycles. The van der Waals surface area contributed by atoms with Crippen LogP contribution in [-0.2, 0) is 11.3 Å². The van der Waals surface area contributed by atoms with Crippen molar-refractivity contribution in [2.75, 3.05) is 30.5 Å². The molecular weight excluding hydrogens is 344 g/mol. The fraction of sp³-hybridized carbons (Fsp3) is 0.381. The van der Waals surface area contributed by atoms with Crippen LogP contribution in [0.15, 0.2) is 42.5 Å². The molecule has 0 unspecified atom stereocenters. The third kappa shape index (κ3) is 6.49. The van der Waals surface area contributed by atoms with Crippen molar-refractivity contribution in [2.24, 2.45) is 5.92 Å². The molecule has 0 aliphatic carbocycles. The molecule has 0 saturated carbocycles. The van der Waals surface area contributed by atoms with Crippen LogP contribution in [0.1, 0.15) is 26.3 Å². The third-order valence-corrected chi connectivity index (χ3v) is 3.83. The standard InChI is InChI=1S/C21H28N2O4/c1-4-26-20-13-16(5-10-19(20)27-12-11-24)14-22-17-6-8-18(9-7-17)23-21(25)15(2)3/h5-10,13,15,22,24H,4,11-12,14H2,1-3H3,(H,23,25). The van der Waals surface area contributed by atoms with Crippen molar-refractivity contribution in [2.45, 2.75) is 27.3 Å². The monoisotopic (exact) mass is 372 g/mol. The SMILES string of the molecule is CCOc1cc(CNc2ccc(NC(=O)C(C)C)cc2)ccc1OCCO. The van der Waals surface area contributed by atoms with Crippen LogP contribution in [0.5, 0.6) is 11.5 Å². The van der Waals surface area contributed by atoms with Gasteiger partial charge in [-0.25, -0.2) is 0 Å². The third-order valence-electron chi connectivity index (χ3n) is 3.83. The molecule has 0 aliphatic rings. The van der Waals surface area contributed by atoms with E-state index in [0.29, 0.717) is 24.7 Å². The van der Waals surface area contributed by atoms with E-state index in [1.165, 1.54) is 0 Å². The first-order chi connectivity index (χ1) is 13.0. The number of carbonyl (C=O) groups excluding carboxylic acids is 1. The summed E-state index contributed by atoms with van der Waals surface area (Å²) >= 11 is 0. The molecule has 2 aromatic rings. The zero-order chi connectivity index (χ0) is 19.6. The van der Waals surface area contributed by atoms with Crippen molar-refractivity contribution in [3.8, 4) is 11.5 Å². The van der Waals surface area contributed by atoms with Crippen molar-refractivity contribution in [3.05, 3.63) is 48.0 Å². The average Bonchev–Trinajstić information content (AvgIpc) is 2.67. The summed E-state index contributed by atoms with van der Waals surface area (Å²) in [4.78, 5) is 11.7. The van der Waals surface area contributed by atoms with E-state index < -0.39 is 0 Å². The molecule has 3 N–H and O–H groups in total. The van der Waals surface area contributed by atoms with Crippen molar-refractivity contribution < 1.29 is 19.4 Å². The molecule has 0 atom stereocenters. The number of benzene rings is 2. The molecule has 0 bridgehead atoms. The number of ether oxygens (including phenoxy) is 2. The second-order valence-corrected chi connectivity index (χ2v) is 6.36. The average molecular weight is 372 g/mol. The Morgan fingerprint density at radius 2 is 1.74 bits per heavy atom. The largest absolute Gasteiger partial charge is 0.490 e. The summed E-state index contributed by atoms with van der Waals surface area (Å²) in [5, 5.41) is 15.1. The Bertz CT molecular complexity index is 729. The second-order valence-electron chi connectivity index (χ2n) is 6.36. The van der Waals surface area contributed by atoms with E-state index in [4.69, 9.17) is 14.6 Å². The normalized spacial score (nSPS) is 10.6. The van der Waals surface area contributed by atoms with Gasteiger partial charge in [0.1, 0.15) is 6.61 Å². The molecule has 2 rings (SSSR count).